The van der Waals surface area contributed by atoms with Crippen LogP contribution < -0.4 is 10.6 Å². The van der Waals surface area contributed by atoms with Gasteiger partial charge < -0.3 is 10.6 Å². The smallest absolute Gasteiger partial charge is 0.234 e. The molecule has 1 saturated carbocycles. The minimum atomic E-state index is -0.232. The Morgan fingerprint density at radius 3 is 2.55 bits per heavy atom. The quantitative estimate of drug-likeness (QED) is 0.813. The second-order valence-corrected chi connectivity index (χ2v) is 5.45. The Hall–Kier alpha value is -1.42. The molecule has 1 aliphatic rings. The molecule has 1 amide bonds. The predicted octanol–water partition coefficient (Wildman–Crippen LogP) is 2.75. The van der Waals surface area contributed by atoms with Gasteiger partial charge in [0.25, 0.3) is 0 Å². The van der Waals surface area contributed by atoms with E-state index in [1.807, 2.05) is 0 Å². The standard InChI is InChI=1S/C16H23FN2O/c17-15-10-6-5-7-13(15)11-18-12-16(20)19-14-8-3-1-2-4-9-14/h5-7,10,14,18H,1-4,8-9,11-12H2,(H,19,20). The molecule has 0 saturated heterocycles. The summed E-state index contributed by atoms with van der Waals surface area (Å²) in [4.78, 5) is 11.8. The zero-order valence-corrected chi connectivity index (χ0v) is 11.8. The van der Waals surface area contributed by atoms with Crippen molar-refractivity contribution in [2.75, 3.05) is 6.54 Å². The van der Waals surface area contributed by atoms with Gasteiger partial charge in [-0.15, -0.1) is 0 Å². The summed E-state index contributed by atoms with van der Waals surface area (Å²) in [7, 11) is 0. The van der Waals surface area contributed by atoms with Gasteiger partial charge in [0.05, 0.1) is 6.54 Å². The average Bonchev–Trinajstić information content (AvgIpc) is 2.69. The molecular formula is C16H23FN2O. The number of benzene rings is 1. The van der Waals surface area contributed by atoms with E-state index in [1.165, 1.54) is 31.7 Å². The van der Waals surface area contributed by atoms with Crippen LogP contribution in [0, 0.1) is 5.82 Å². The highest BCUT2D eigenvalue weighted by atomic mass is 19.1. The molecule has 4 heteroatoms. The molecule has 2 rings (SSSR count). The van der Waals surface area contributed by atoms with Gasteiger partial charge in [-0.1, -0.05) is 43.9 Å². The Bertz CT molecular complexity index is 428. The van der Waals surface area contributed by atoms with Crippen molar-refractivity contribution in [1.29, 1.82) is 0 Å². The Morgan fingerprint density at radius 1 is 1.15 bits per heavy atom. The number of hydrogen-bond acceptors (Lipinski definition) is 2. The van der Waals surface area contributed by atoms with E-state index < -0.39 is 0 Å². The van der Waals surface area contributed by atoms with Crippen molar-refractivity contribution >= 4 is 5.91 Å². The lowest BCUT2D eigenvalue weighted by atomic mass is 10.1. The van der Waals surface area contributed by atoms with Gasteiger partial charge in [0, 0.05) is 18.2 Å². The number of halogens is 1. The van der Waals surface area contributed by atoms with Crippen molar-refractivity contribution < 1.29 is 9.18 Å². The third-order valence-electron chi connectivity index (χ3n) is 3.78. The van der Waals surface area contributed by atoms with Crippen LogP contribution in [0.25, 0.3) is 0 Å². The highest BCUT2D eigenvalue weighted by molar-refractivity contribution is 5.78. The highest BCUT2D eigenvalue weighted by Gasteiger charge is 2.14. The van der Waals surface area contributed by atoms with Gasteiger partial charge in [-0.05, 0) is 18.9 Å². The second kappa shape index (κ2) is 8.00. The number of hydrogen-bond donors (Lipinski definition) is 2. The molecule has 0 aromatic heterocycles. The van der Waals surface area contributed by atoms with E-state index >= 15 is 0 Å². The number of amides is 1. The van der Waals surface area contributed by atoms with Gasteiger partial charge in [0.15, 0.2) is 0 Å². The Labute approximate surface area is 120 Å². The molecule has 1 aromatic carbocycles. The first-order valence-corrected chi connectivity index (χ1v) is 7.49. The molecule has 0 aliphatic heterocycles. The lowest BCUT2D eigenvalue weighted by Crippen LogP contribution is -2.40. The van der Waals surface area contributed by atoms with E-state index in [0.29, 0.717) is 18.2 Å². The van der Waals surface area contributed by atoms with Crippen molar-refractivity contribution in [3.05, 3.63) is 35.6 Å². The van der Waals surface area contributed by atoms with Crippen LogP contribution in [0.4, 0.5) is 4.39 Å². The zero-order valence-electron chi connectivity index (χ0n) is 11.8. The Morgan fingerprint density at radius 2 is 1.85 bits per heavy atom. The zero-order chi connectivity index (χ0) is 14.2. The molecule has 1 aliphatic carbocycles. The normalized spacial score (nSPS) is 16.6. The number of rotatable bonds is 5. The topological polar surface area (TPSA) is 41.1 Å². The molecule has 1 aromatic rings. The van der Waals surface area contributed by atoms with E-state index in [2.05, 4.69) is 10.6 Å². The van der Waals surface area contributed by atoms with Crippen molar-refractivity contribution in [2.45, 2.75) is 51.1 Å². The lowest BCUT2D eigenvalue weighted by molar-refractivity contribution is -0.121. The maximum Gasteiger partial charge on any atom is 0.234 e. The maximum atomic E-state index is 13.4. The molecule has 110 valence electrons. The SMILES string of the molecule is O=C(CNCc1ccccc1F)NC1CCCCCC1. The summed E-state index contributed by atoms with van der Waals surface area (Å²) < 4.78 is 13.4. The molecule has 1 fully saturated rings. The largest absolute Gasteiger partial charge is 0.352 e. The fraction of sp³-hybridized carbons (Fsp3) is 0.562. The van der Waals surface area contributed by atoms with Crippen molar-refractivity contribution in [3.63, 3.8) is 0 Å². The van der Waals surface area contributed by atoms with Gasteiger partial charge in [0.1, 0.15) is 5.82 Å². The van der Waals surface area contributed by atoms with Crippen LogP contribution in [0.5, 0.6) is 0 Å². The minimum Gasteiger partial charge on any atom is -0.352 e. The van der Waals surface area contributed by atoms with E-state index in [1.54, 1.807) is 18.2 Å². The molecule has 0 heterocycles. The molecule has 2 N–H and O–H groups in total. The molecule has 0 spiro atoms. The van der Waals surface area contributed by atoms with E-state index in [9.17, 15) is 9.18 Å². The number of nitrogens with one attached hydrogen (secondary N) is 2. The first-order chi connectivity index (χ1) is 9.75. The summed E-state index contributed by atoms with van der Waals surface area (Å²) in [5.74, 6) is -0.225. The van der Waals surface area contributed by atoms with Gasteiger partial charge >= 0.3 is 0 Å². The number of carbonyl (C=O) groups is 1. The van der Waals surface area contributed by atoms with Gasteiger partial charge in [-0.3, -0.25) is 4.79 Å². The molecule has 0 unspecified atom stereocenters. The van der Waals surface area contributed by atoms with Crippen LogP contribution in [0.15, 0.2) is 24.3 Å². The van der Waals surface area contributed by atoms with Gasteiger partial charge in [-0.2, -0.15) is 0 Å². The molecule has 0 bridgehead atoms. The first-order valence-electron chi connectivity index (χ1n) is 7.49. The van der Waals surface area contributed by atoms with Crippen molar-refractivity contribution in [2.24, 2.45) is 0 Å². The van der Waals surface area contributed by atoms with Crippen molar-refractivity contribution in [1.82, 2.24) is 10.6 Å². The second-order valence-electron chi connectivity index (χ2n) is 5.45. The Kier molecular flexibility index (Phi) is 5.99. The molecule has 3 nitrogen and oxygen atoms in total. The lowest BCUT2D eigenvalue weighted by Gasteiger charge is -2.16. The van der Waals surface area contributed by atoms with Crippen LogP contribution in [-0.4, -0.2) is 18.5 Å². The number of carbonyl (C=O) groups excluding carboxylic acids is 1. The average molecular weight is 278 g/mol. The fourth-order valence-electron chi connectivity index (χ4n) is 2.65. The van der Waals surface area contributed by atoms with Crippen LogP contribution in [0.1, 0.15) is 44.1 Å². The van der Waals surface area contributed by atoms with Crippen molar-refractivity contribution in [3.8, 4) is 0 Å². The predicted molar refractivity (Wildman–Crippen MR) is 77.7 cm³/mol. The minimum absolute atomic E-state index is 0.00763. The Balaban J connectivity index is 1.68. The highest BCUT2D eigenvalue weighted by Crippen LogP contribution is 2.16. The van der Waals surface area contributed by atoms with E-state index in [0.717, 1.165) is 12.8 Å². The van der Waals surface area contributed by atoms with Gasteiger partial charge in [-0.25, -0.2) is 4.39 Å². The molecule has 0 atom stereocenters. The van der Waals surface area contributed by atoms with Crippen LogP contribution in [-0.2, 0) is 11.3 Å². The maximum absolute atomic E-state index is 13.4. The summed E-state index contributed by atoms with van der Waals surface area (Å²) >= 11 is 0. The van der Waals surface area contributed by atoms with E-state index in [-0.39, 0.29) is 18.3 Å². The first kappa shape index (κ1) is 15.0. The summed E-state index contributed by atoms with van der Waals surface area (Å²) in [6.45, 7) is 0.621. The molecular weight excluding hydrogens is 255 g/mol. The summed E-state index contributed by atoms with van der Waals surface area (Å²) in [5.41, 5.74) is 0.592. The molecule has 0 radical (unpaired) electrons. The third-order valence-corrected chi connectivity index (χ3v) is 3.78. The fourth-order valence-corrected chi connectivity index (χ4v) is 2.65. The summed E-state index contributed by atoms with van der Waals surface area (Å²) in [5, 5.41) is 6.06. The van der Waals surface area contributed by atoms with E-state index in [4.69, 9.17) is 0 Å². The van der Waals surface area contributed by atoms with Crippen LogP contribution in [0.2, 0.25) is 0 Å². The van der Waals surface area contributed by atoms with Crippen LogP contribution >= 0.6 is 0 Å². The molecule has 20 heavy (non-hydrogen) atoms. The third kappa shape index (κ3) is 4.93. The van der Waals surface area contributed by atoms with Crippen LogP contribution in [0.3, 0.4) is 0 Å². The summed E-state index contributed by atoms with van der Waals surface area (Å²) in [6.07, 6.45) is 7.12. The summed E-state index contributed by atoms with van der Waals surface area (Å²) in [6, 6.07) is 6.94. The monoisotopic (exact) mass is 278 g/mol. The van der Waals surface area contributed by atoms with Gasteiger partial charge in [0.2, 0.25) is 5.91 Å².